The van der Waals surface area contributed by atoms with Crippen LogP contribution in [-0.2, 0) is 0 Å². The Morgan fingerprint density at radius 3 is 1.60 bits per heavy atom. The maximum atomic E-state index is 12.4. The third-order valence-corrected chi connectivity index (χ3v) is 5.38. The van der Waals surface area contributed by atoms with Crippen LogP contribution < -0.4 is 14.2 Å². The minimum absolute atomic E-state index is 0.307. The molecule has 0 amide bonds. The van der Waals surface area contributed by atoms with Crippen molar-refractivity contribution in [2.75, 3.05) is 6.61 Å². The number of carbonyl (C=O) groups excluding carboxylic acids is 3. The molecule has 0 fully saturated rings. The molecule has 0 heterocycles. The van der Waals surface area contributed by atoms with Gasteiger partial charge in [-0.3, -0.25) is 4.79 Å². The van der Waals surface area contributed by atoms with Gasteiger partial charge in [0.1, 0.15) is 23.5 Å². The molecule has 0 aliphatic carbocycles. The molecule has 0 aliphatic heterocycles. The second-order valence-electron chi connectivity index (χ2n) is 8.13. The maximum absolute atomic E-state index is 12.4. The van der Waals surface area contributed by atoms with Gasteiger partial charge in [-0.25, -0.2) is 9.59 Å². The summed E-state index contributed by atoms with van der Waals surface area (Å²) in [6.45, 7) is 2.87. The number of aldehydes is 1. The highest BCUT2D eigenvalue weighted by Crippen LogP contribution is 2.21. The van der Waals surface area contributed by atoms with E-state index in [0.717, 1.165) is 18.6 Å². The Hall–Kier alpha value is -3.93. The summed E-state index contributed by atoms with van der Waals surface area (Å²) in [5.74, 6) is 0.315. The molecule has 0 unspecified atom stereocenters. The summed E-state index contributed by atoms with van der Waals surface area (Å²) in [7, 11) is 0. The SMILES string of the molecule is CCCCCCCCOc1ccc(C(=O)Oc2ccc(OC(=O)c3ccc(C=O)cc3)cc2)cc1. The number of esters is 2. The van der Waals surface area contributed by atoms with Crippen molar-refractivity contribution < 1.29 is 28.6 Å². The van der Waals surface area contributed by atoms with Crippen molar-refractivity contribution in [3.05, 3.63) is 89.5 Å². The van der Waals surface area contributed by atoms with E-state index in [1.807, 2.05) is 0 Å². The third-order valence-electron chi connectivity index (χ3n) is 5.38. The van der Waals surface area contributed by atoms with Crippen LogP contribution in [0.1, 0.15) is 76.5 Å². The Labute approximate surface area is 205 Å². The number of carbonyl (C=O) groups is 3. The third kappa shape index (κ3) is 8.41. The first-order valence-electron chi connectivity index (χ1n) is 11.9. The minimum Gasteiger partial charge on any atom is -0.494 e. The molecule has 0 radical (unpaired) electrons. The lowest BCUT2D eigenvalue weighted by Crippen LogP contribution is -2.09. The van der Waals surface area contributed by atoms with Gasteiger partial charge in [0.05, 0.1) is 17.7 Å². The van der Waals surface area contributed by atoms with Gasteiger partial charge in [-0.2, -0.15) is 0 Å². The molecule has 0 atom stereocenters. The molecule has 0 aromatic heterocycles. The van der Waals surface area contributed by atoms with Gasteiger partial charge in [0.2, 0.25) is 0 Å². The molecular formula is C29H30O6. The molecular weight excluding hydrogens is 444 g/mol. The largest absolute Gasteiger partial charge is 0.494 e. The van der Waals surface area contributed by atoms with Crippen LogP contribution in [0.15, 0.2) is 72.8 Å². The van der Waals surface area contributed by atoms with Crippen LogP contribution in [0.25, 0.3) is 0 Å². The molecule has 3 rings (SSSR count). The summed E-state index contributed by atoms with van der Waals surface area (Å²) in [4.78, 5) is 35.4. The first-order chi connectivity index (χ1) is 17.1. The lowest BCUT2D eigenvalue weighted by atomic mass is 10.1. The van der Waals surface area contributed by atoms with Crippen molar-refractivity contribution in [1.29, 1.82) is 0 Å². The van der Waals surface area contributed by atoms with Crippen molar-refractivity contribution in [1.82, 2.24) is 0 Å². The van der Waals surface area contributed by atoms with Gasteiger partial charge in [-0.1, -0.05) is 51.2 Å². The second-order valence-corrected chi connectivity index (χ2v) is 8.13. The van der Waals surface area contributed by atoms with Crippen LogP contribution in [0.2, 0.25) is 0 Å². The first-order valence-corrected chi connectivity index (χ1v) is 11.9. The van der Waals surface area contributed by atoms with Crippen LogP contribution in [0, 0.1) is 0 Å². The van der Waals surface area contributed by atoms with E-state index in [2.05, 4.69) is 6.92 Å². The van der Waals surface area contributed by atoms with Gasteiger partial charge in [0.15, 0.2) is 0 Å². The van der Waals surface area contributed by atoms with E-state index >= 15 is 0 Å². The lowest BCUT2D eigenvalue weighted by molar-refractivity contribution is 0.0719. The predicted octanol–water partition coefficient (Wildman–Crippen LogP) is 6.68. The summed E-state index contributed by atoms with van der Waals surface area (Å²) in [6, 6.07) is 19.2. The quantitative estimate of drug-likeness (QED) is 0.119. The summed E-state index contributed by atoms with van der Waals surface area (Å²) in [6.07, 6.45) is 7.93. The molecule has 35 heavy (non-hydrogen) atoms. The average Bonchev–Trinajstić information content (AvgIpc) is 2.89. The van der Waals surface area contributed by atoms with Crippen LogP contribution in [0.5, 0.6) is 17.2 Å². The minimum atomic E-state index is -0.550. The van der Waals surface area contributed by atoms with E-state index in [1.165, 1.54) is 37.8 Å². The average molecular weight is 475 g/mol. The van der Waals surface area contributed by atoms with E-state index < -0.39 is 11.9 Å². The molecule has 3 aromatic carbocycles. The van der Waals surface area contributed by atoms with Crippen molar-refractivity contribution >= 4 is 18.2 Å². The predicted molar refractivity (Wildman–Crippen MR) is 134 cm³/mol. The highest BCUT2D eigenvalue weighted by Gasteiger charge is 2.11. The number of hydrogen-bond acceptors (Lipinski definition) is 6. The maximum Gasteiger partial charge on any atom is 0.343 e. The van der Waals surface area contributed by atoms with Crippen molar-refractivity contribution in [2.24, 2.45) is 0 Å². The molecule has 6 nitrogen and oxygen atoms in total. The number of hydrogen-bond donors (Lipinski definition) is 0. The number of unbranched alkanes of at least 4 members (excludes halogenated alkanes) is 5. The lowest BCUT2D eigenvalue weighted by Gasteiger charge is -2.08. The molecule has 0 N–H and O–H groups in total. The van der Waals surface area contributed by atoms with Crippen molar-refractivity contribution in [2.45, 2.75) is 45.4 Å². The summed E-state index contributed by atoms with van der Waals surface area (Å²) < 4.78 is 16.5. The van der Waals surface area contributed by atoms with Gasteiger partial charge in [0, 0.05) is 5.56 Å². The van der Waals surface area contributed by atoms with E-state index in [4.69, 9.17) is 14.2 Å². The number of rotatable bonds is 13. The Morgan fingerprint density at radius 2 is 1.09 bits per heavy atom. The summed E-state index contributed by atoms with van der Waals surface area (Å²) in [5, 5.41) is 0. The van der Waals surface area contributed by atoms with E-state index in [1.54, 1.807) is 60.7 Å². The molecule has 3 aromatic rings. The monoisotopic (exact) mass is 474 g/mol. The van der Waals surface area contributed by atoms with E-state index in [9.17, 15) is 14.4 Å². The Kier molecular flexibility index (Phi) is 10.1. The van der Waals surface area contributed by atoms with Gasteiger partial charge >= 0.3 is 11.9 Å². The van der Waals surface area contributed by atoms with Crippen LogP contribution in [0.3, 0.4) is 0 Å². The fraction of sp³-hybridized carbons (Fsp3) is 0.276. The molecule has 6 heteroatoms. The fourth-order valence-corrected chi connectivity index (χ4v) is 3.37. The number of benzene rings is 3. The molecule has 0 aliphatic rings. The van der Waals surface area contributed by atoms with Crippen molar-refractivity contribution in [3.63, 3.8) is 0 Å². The van der Waals surface area contributed by atoms with Gasteiger partial charge in [0.25, 0.3) is 0 Å². The zero-order chi connectivity index (χ0) is 24.9. The Balaban J connectivity index is 1.44. The first kappa shape index (κ1) is 25.7. The van der Waals surface area contributed by atoms with Crippen LogP contribution >= 0.6 is 0 Å². The Bertz CT molecular complexity index is 1090. The van der Waals surface area contributed by atoms with E-state index in [-0.39, 0.29) is 0 Å². The van der Waals surface area contributed by atoms with Crippen LogP contribution in [0.4, 0.5) is 0 Å². The molecule has 0 bridgehead atoms. The fourth-order valence-electron chi connectivity index (χ4n) is 3.37. The second kappa shape index (κ2) is 13.7. The highest BCUT2D eigenvalue weighted by molar-refractivity contribution is 5.92. The van der Waals surface area contributed by atoms with Gasteiger partial charge in [-0.15, -0.1) is 0 Å². The van der Waals surface area contributed by atoms with Crippen LogP contribution in [-0.4, -0.2) is 24.8 Å². The summed E-state index contributed by atoms with van der Waals surface area (Å²) in [5.41, 5.74) is 1.21. The zero-order valence-electron chi connectivity index (χ0n) is 19.9. The molecule has 0 saturated heterocycles. The summed E-state index contributed by atoms with van der Waals surface area (Å²) >= 11 is 0. The molecule has 182 valence electrons. The van der Waals surface area contributed by atoms with Gasteiger partial charge < -0.3 is 14.2 Å². The molecule has 0 saturated carbocycles. The molecule has 0 spiro atoms. The van der Waals surface area contributed by atoms with Gasteiger partial charge in [-0.05, 0) is 67.1 Å². The number of ether oxygens (including phenoxy) is 3. The smallest absolute Gasteiger partial charge is 0.343 e. The topological polar surface area (TPSA) is 78.9 Å². The highest BCUT2D eigenvalue weighted by atomic mass is 16.5. The van der Waals surface area contributed by atoms with E-state index in [0.29, 0.717) is 41.1 Å². The Morgan fingerprint density at radius 1 is 0.629 bits per heavy atom. The normalized spacial score (nSPS) is 10.4. The van der Waals surface area contributed by atoms with Crippen molar-refractivity contribution in [3.8, 4) is 17.2 Å². The standard InChI is InChI=1S/C29H30O6/c1-2-3-4-5-6-7-20-33-25-14-12-24(13-15-25)29(32)35-27-18-16-26(17-19-27)34-28(31)23-10-8-22(21-30)9-11-23/h8-19,21H,2-7,20H2,1H3. The zero-order valence-corrected chi connectivity index (χ0v) is 19.9.